The lowest BCUT2D eigenvalue weighted by molar-refractivity contribution is -0.383. The van der Waals surface area contributed by atoms with Crippen molar-refractivity contribution in [3.8, 4) is 0 Å². The highest BCUT2D eigenvalue weighted by Gasteiger charge is 2.21. The Kier molecular flexibility index (Phi) is 4.49. The molecule has 0 saturated heterocycles. The first-order valence-electron chi connectivity index (χ1n) is 5.88. The van der Waals surface area contributed by atoms with Crippen LogP contribution in [0.5, 0.6) is 0 Å². The number of nitro groups is 1. The average Bonchev–Trinajstić information content (AvgIpc) is 2.47. The Bertz CT molecular complexity index is 683. The molecule has 1 aromatic heterocycles. The van der Waals surface area contributed by atoms with Crippen LogP contribution in [0.25, 0.3) is 0 Å². The van der Waals surface area contributed by atoms with Crippen molar-refractivity contribution in [2.75, 3.05) is 17.7 Å². The van der Waals surface area contributed by atoms with Gasteiger partial charge in [0.1, 0.15) is 12.1 Å². The maximum atomic E-state index is 13.1. The van der Waals surface area contributed by atoms with E-state index < -0.39 is 10.7 Å². The minimum Gasteiger partial charge on any atom is -0.367 e. The molecule has 110 valence electrons. The van der Waals surface area contributed by atoms with Crippen molar-refractivity contribution < 1.29 is 9.31 Å². The lowest BCUT2D eigenvalue weighted by atomic mass is 10.2. The maximum Gasteiger partial charge on any atom is 0.353 e. The number of hydrogen-bond acceptors (Lipinski definition) is 6. The summed E-state index contributed by atoms with van der Waals surface area (Å²) in [5.41, 5.74) is 0.411. The summed E-state index contributed by atoms with van der Waals surface area (Å²) >= 11 is 5.68. The van der Waals surface area contributed by atoms with E-state index in [1.807, 2.05) is 0 Å². The highest BCUT2D eigenvalue weighted by molar-refractivity contribution is 6.30. The predicted octanol–water partition coefficient (Wildman–Crippen LogP) is 2.83. The summed E-state index contributed by atoms with van der Waals surface area (Å²) in [4.78, 5) is 18.1. The van der Waals surface area contributed by atoms with Crippen molar-refractivity contribution in [2.24, 2.45) is 0 Å². The number of benzene rings is 1. The van der Waals surface area contributed by atoms with E-state index in [2.05, 4.69) is 20.6 Å². The van der Waals surface area contributed by atoms with Gasteiger partial charge in [-0.2, -0.15) is 0 Å². The van der Waals surface area contributed by atoms with Gasteiger partial charge in [-0.25, -0.2) is 14.4 Å². The van der Waals surface area contributed by atoms with Crippen LogP contribution in [0.2, 0.25) is 5.02 Å². The summed E-state index contributed by atoms with van der Waals surface area (Å²) in [5, 5.41) is 16.5. The third-order valence-corrected chi connectivity index (χ3v) is 2.98. The Morgan fingerprint density at radius 1 is 1.38 bits per heavy atom. The van der Waals surface area contributed by atoms with E-state index in [1.165, 1.54) is 31.6 Å². The van der Waals surface area contributed by atoms with E-state index in [-0.39, 0.29) is 28.9 Å². The molecule has 0 amide bonds. The van der Waals surface area contributed by atoms with Crippen LogP contribution in [0.15, 0.2) is 24.5 Å². The molecule has 7 nitrogen and oxygen atoms in total. The van der Waals surface area contributed by atoms with Gasteiger partial charge in [0.2, 0.25) is 11.6 Å². The summed E-state index contributed by atoms with van der Waals surface area (Å²) in [5.74, 6) is -0.347. The summed E-state index contributed by atoms with van der Waals surface area (Å²) < 4.78 is 13.1. The molecule has 0 aliphatic rings. The van der Waals surface area contributed by atoms with Gasteiger partial charge in [0, 0.05) is 13.6 Å². The number of hydrogen-bond donors (Lipinski definition) is 2. The van der Waals surface area contributed by atoms with E-state index >= 15 is 0 Å². The standard InChI is InChI=1S/C12H11ClFN5O2/c1-15-11-10(19(20)21)12(18-6-17-11)16-5-7-2-3-9(14)8(13)4-7/h2-4,6H,5H2,1H3,(H2,15,16,17,18). The predicted molar refractivity (Wildman–Crippen MR) is 77.0 cm³/mol. The number of halogens is 2. The Morgan fingerprint density at radius 2 is 2.10 bits per heavy atom. The summed E-state index contributed by atoms with van der Waals surface area (Å²) in [6, 6.07) is 4.20. The zero-order valence-electron chi connectivity index (χ0n) is 10.9. The minimum atomic E-state index is -0.578. The zero-order valence-corrected chi connectivity index (χ0v) is 11.7. The smallest absolute Gasteiger partial charge is 0.353 e. The zero-order chi connectivity index (χ0) is 15.4. The summed E-state index contributed by atoms with van der Waals surface area (Å²) in [6.07, 6.45) is 1.21. The van der Waals surface area contributed by atoms with Crippen molar-refractivity contribution in [1.82, 2.24) is 9.97 Å². The lowest BCUT2D eigenvalue weighted by Crippen LogP contribution is -2.08. The van der Waals surface area contributed by atoms with Crippen molar-refractivity contribution in [3.63, 3.8) is 0 Å². The van der Waals surface area contributed by atoms with Gasteiger partial charge in [-0.1, -0.05) is 17.7 Å². The first-order valence-corrected chi connectivity index (χ1v) is 6.25. The minimum absolute atomic E-state index is 0.0117. The molecule has 0 unspecified atom stereocenters. The molecule has 0 atom stereocenters. The van der Waals surface area contributed by atoms with Gasteiger partial charge in [0.25, 0.3) is 0 Å². The van der Waals surface area contributed by atoms with Gasteiger partial charge >= 0.3 is 5.69 Å². The van der Waals surface area contributed by atoms with E-state index in [9.17, 15) is 14.5 Å². The molecule has 0 bridgehead atoms. The molecule has 0 aliphatic carbocycles. The van der Waals surface area contributed by atoms with Crippen molar-refractivity contribution in [1.29, 1.82) is 0 Å². The van der Waals surface area contributed by atoms with Crippen LogP contribution >= 0.6 is 11.6 Å². The molecule has 0 saturated carbocycles. The molecule has 2 rings (SSSR count). The summed E-state index contributed by atoms with van der Waals surface area (Å²) in [7, 11) is 1.53. The number of nitrogens with one attached hydrogen (secondary N) is 2. The number of anilines is 2. The first-order chi connectivity index (χ1) is 10.0. The average molecular weight is 312 g/mol. The third-order valence-electron chi connectivity index (χ3n) is 2.69. The Balaban J connectivity index is 2.23. The number of nitrogens with zero attached hydrogens (tertiary/aromatic N) is 3. The van der Waals surface area contributed by atoms with Crippen molar-refractivity contribution in [2.45, 2.75) is 6.54 Å². The highest BCUT2D eigenvalue weighted by atomic mass is 35.5. The molecular formula is C12H11ClFN5O2. The molecule has 1 aromatic carbocycles. The molecule has 0 radical (unpaired) electrons. The highest BCUT2D eigenvalue weighted by Crippen LogP contribution is 2.28. The topological polar surface area (TPSA) is 93.0 Å². The molecule has 0 spiro atoms. The third kappa shape index (κ3) is 3.34. The van der Waals surface area contributed by atoms with Crippen LogP contribution in [0, 0.1) is 15.9 Å². The fraction of sp³-hybridized carbons (Fsp3) is 0.167. The molecule has 2 aromatic rings. The first kappa shape index (κ1) is 14.9. The van der Waals surface area contributed by atoms with Crippen LogP contribution in [-0.4, -0.2) is 21.9 Å². The molecule has 9 heteroatoms. The van der Waals surface area contributed by atoms with Gasteiger partial charge in [0.15, 0.2) is 0 Å². The van der Waals surface area contributed by atoms with Gasteiger partial charge < -0.3 is 10.6 Å². The van der Waals surface area contributed by atoms with Crippen LogP contribution in [-0.2, 0) is 6.54 Å². The van der Waals surface area contributed by atoms with Crippen LogP contribution < -0.4 is 10.6 Å². The van der Waals surface area contributed by atoms with Gasteiger partial charge in [-0.05, 0) is 17.7 Å². The van der Waals surface area contributed by atoms with Crippen molar-refractivity contribution >= 4 is 28.9 Å². The van der Waals surface area contributed by atoms with Crippen LogP contribution in [0.1, 0.15) is 5.56 Å². The largest absolute Gasteiger partial charge is 0.367 e. The fourth-order valence-corrected chi connectivity index (χ4v) is 1.90. The number of rotatable bonds is 5. The SMILES string of the molecule is CNc1ncnc(NCc2ccc(F)c(Cl)c2)c1[N+](=O)[O-]. The number of aromatic nitrogens is 2. The Labute approximate surface area is 124 Å². The lowest BCUT2D eigenvalue weighted by Gasteiger charge is -2.08. The van der Waals surface area contributed by atoms with Gasteiger partial charge in [-0.3, -0.25) is 10.1 Å². The molecule has 0 fully saturated rings. The van der Waals surface area contributed by atoms with E-state index in [0.717, 1.165) is 0 Å². The van der Waals surface area contributed by atoms with Crippen molar-refractivity contribution in [3.05, 3.63) is 51.0 Å². The molecule has 21 heavy (non-hydrogen) atoms. The van der Waals surface area contributed by atoms with Crippen LogP contribution in [0.4, 0.5) is 21.7 Å². The van der Waals surface area contributed by atoms with Crippen LogP contribution in [0.3, 0.4) is 0 Å². The fourth-order valence-electron chi connectivity index (χ4n) is 1.70. The Hall–Kier alpha value is -2.48. The molecule has 2 N–H and O–H groups in total. The molecule has 0 aliphatic heterocycles. The van der Waals surface area contributed by atoms with Gasteiger partial charge in [0.05, 0.1) is 9.95 Å². The monoisotopic (exact) mass is 311 g/mol. The second-order valence-electron chi connectivity index (χ2n) is 4.03. The normalized spacial score (nSPS) is 10.2. The van der Waals surface area contributed by atoms with E-state index in [0.29, 0.717) is 5.56 Å². The second kappa shape index (κ2) is 6.31. The maximum absolute atomic E-state index is 13.1. The van der Waals surface area contributed by atoms with Gasteiger partial charge in [-0.15, -0.1) is 0 Å². The van der Waals surface area contributed by atoms with E-state index in [1.54, 1.807) is 0 Å². The Morgan fingerprint density at radius 3 is 2.71 bits per heavy atom. The van der Waals surface area contributed by atoms with E-state index in [4.69, 9.17) is 11.6 Å². The molecular weight excluding hydrogens is 301 g/mol. The second-order valence-corrected chi connectivity index (χ2v) is 4.44. The quantitative estimate of drug-likeness (QED) is 0.651. The molecule has 1 heterocycles. The summed E-state index contributed by atoms with van der Waals surface area (Å²) in [6.45, 7) is 0.209.